The molecule has 3 N–H and O–H groups in total. The van der Waals surface area contributed by atoms with E-state index in [0.29, 0.717) is 17.9 Å². The smallest absolute Gasteiger partial charge is 0.169 e. The van der Waals surface area contributed by atoms with Gasteiger partial charge < -0.3 is 20.3 Å². The van der Waals surface area contributed by atoms with Crippen LogP contribution in [0.4, 0.5) is 4.39 Å². The number of nitrogens with two attached hydrogens (primary N) is 1. The number of hydrogen-bond acceptors (Lipinski definition) is 4. The molecule has 0 aliphatic heterocycles. The molecule has 1 saturated carbocycles. The molecule has 1 fully saturated rings. The van der Waals surface area contributed by atoms with Crippen molar-refractivity contribution in [3.63, 3.8) is 0 Å². The summed E-state index contributed by atoms with van der Waals surface area (Å²) in [6, 6.07) is 1.14. The van der Waals surface area contributed by atoms with Gasteiger partial charge in [0.05, 0.1) is 19.8 Å². The minimum Gasteiger partial charge on any atom is -0.505 e. The van der Waals surface area contributed by atoms with Crippen molar-refractivity contribution in [2.75, 3.05) is 20.8 Å². The summed E-state index contributed by atoms with van der Waals surface area (Å²) >= 11 is 0. The SMILES string of the molecule is COc1cc(F)c(O)c(C2(CN)CCCC2)c1OC. The van der Waals surface area contributed by atoms with E-state index in [1.165, 1.54) is 14.2 Å². The summed E-state index contributed by atoms with van der Waals surface area (Å²) in [6.07, 6.45) is 3.66. The highest BCUT2D eigenvalue weighted by Gasteiger charge is 2.41. The number of phenols is 1. The number of hydrogen-bond donors (Lipinski definition) is 2. The summed E-state index contributed by atoms with van der Waals surface area (Å²) in [6.45, 7) is 0.351. The number of aromatic hydroxyl groups is 1. The molecule has 0 unspecified atom stereocenters. The Kier molecular flexibility index (Phi) is 3.85. The van der Waals surface area contributed by atoms with Crippen LogP contribution in [0.25, 0.3) is 0 Å². The molecule has 1 aliphatic carbocycles. The van der Waals surface area contributed by atoms with Gasteiger partial charge >= 0.3 is 0 Å². The zero-order valence-corrected chi connectivity index (χ0v) is 11.3. The number of halogens is 1. The van der Waals surface area contributed by atoms with E-state index in [1.54, 1.807) is 0 Å². The zero-order valence-electron chi connectivity index (χ0n) is 11.3. The normalized spacial score (nSPS) is 17.5. The third kappa shape index (κ3) is 2.12. The molecule has 0 saturated heterocycles. The highest BCUT2D eigenvalue weighted by Crippen LogP contribution is 2.51. The molecule has 106 valence electrons. The zero-order chi connectivity index (χ0) is 14.0. The summed E-state index contributed by atoms with van der Waals surface area (Å²) in [5, 5.41) is 10.1. The van der Waals surface area contributed by atoms with Crippen molar-refractivity contribution < 1.29 is 19.0 Å². The largest absolute Gasteiger partial charge is 0.505 e. The quantitative estimate of drug-likeness (QED) is 0.880. The van der Waals surface area contributed by atoms with E-state index in [4.69, 9.17) is 15.2 Å². The van der Waals surface area contributed by atoms with Crippen LogP contribution in [0.3, 0.4) is 0 Å². The number of rotatable bonds is 4. The van der Waals surface area contributed by atoms with Gasteiger partial charge in [-0.3, -0.25) is 0 Å². The van der Waals surface area contributed by atoms with Crippen LogP contribution < -0.4 is 15.2 Å². The van der Waals surface area contributed by atoms with Crippen molar-refractivity contribution in [1.82, 2.24) is 0 Å². The maximum absolute atomic E-state index is 13.9. The van der Waals surface area contributed by atoms with Crippen molar-refractivity contribution in [1.29, 1.82) is 0 Å². The lowest BCUT2D eigenvalue weighted by Gasteiger charge is -2.31. The molecular formula is C14H20FNO3. The fraction of sp³-hybridized carbons (Fsp3) is 0.571. The Morgan fingerprint density at radius 1 is 1.32 bits per heavy atom. The van der Waals surface area contributed by atoms with Crippen molar-refractivity contribution in [3.05, 3.63) is 17.4 Å². The van der Waals surface area contributed by atoms with Gasteiger partial charge in [0.2, 0.25) is 0 Å². The third-order valence-electron chi connectivity index (χ3n) is 4.08. The van der Waals surface area contributed by atoms with Crippen LogP contribution >= 0.6 is 0 Å². The van der Waals surface area contributed by atoms with Gasteiger partial charge in [-0.15, -0.1) is 0 Å². The van der Waals surface area contributed by atoms with Gasteiger partial charge in [-0.25, -0.2) is 4.39 Å². The first-order chi connectivity index (χ1) is 9.09. The van der Waals surface area contributed by atoms with Gasteiger partial charge in [0, 0.05) is 18.0 Å². The Bertz CT molecular complexity index is 470. The van der Waals surface area contributed by atoms with Crippen LogP contribution in [0, 0.1) is 5.82 Å². The number of benzene rings is 1. The highest BCUT2D eigenvalue weighted by atomic mass is 19.1. The van der Waals surface area contributed by atoms with Gasteiger partial charge in [0.1, 0.15) is 0 Å². The van der Waals surface area contributed by atoms with Crippen LogP contribution in [0.1, 0.15) is 31.2 Å². The first kappa shape index (κ1) is 13.9. The predicted molar refractivity (Wildman–Crippen MR) is 70.4 cm³/mol. The molecule has 2 rings (SSSR count). The van der Waals surface area contributed by atoms with Crippen molar-refractivity contribution >= 4 is 0 Å². The van der Waals surface area contributed by atoms with Gasteiger partial charge in [0.25, 0.3) is 0 Å². The highest BCUT2D eigenvalue weighted by molar-refractivity contribution is 5.58. The van der Waals surface area contributed by atoms with Gasteiger partial charge in [0.15, 0.2) is 23.1 Å². The van der Waals surface area contributed by atoms with Crippen molar-refractivity contribution in [2.24, 2.45) is 5.73 Å². The molecular weight excluding hydrogens is 249 g/mol. The molecule has 0 spiro atoms. The van der Waals surface area contributed by atoms with Crippen LogP contribution in [-0.4, -0.2) is 25.9 Å². The van der Waals surface area contributed by atoms with Gasteiger partial charge in [-0.1, -0.05) is 12.8 Å². The number of methoxy groups -OCH3 is 2. The lowest BCUT2D eigenvalue weighted by molar-refractivity contribution is 0.317. The lowest BCUT2D eigenvalue weighted by atomic mass is 9.77. The van der Waals surface area contributed by atoms with E-state index < -0.39 is 11.2 Å². The molecule has 0 bridgehead atoms. The van der Waals surface area contributed by atoms with Crippen molar-refractivity contribution in [3.8, 4) is 17.2 Å². The second-order valence-electron chi connectivity index (χ2n) is 5.01. The molecule has 0 atom stereocenters. The lowest BCUT2D eigenvalue weighted by Crippen LogP contribution is -2.32. The fourth-order valence-corrected chi connectivity index (χ4v) is 3.05. The standard InChI is InChI=1S/C14H20FNO3/c1-18-10-7-9(15)12(17)11(13(10)19-2)14(8-16)5-3-4-6-14/h7,17H,3-6,8,16H2,1-2H3. The minimum absolute atomic E-state index is 0.285. The predicted octanol–water partition coefficient (Wildman–Crippen LogP) is 2.32. The molecule has 1 aromatic carbocycles. The summed E-state index contributed by atoms with van der Waals surface area (Å²) in [5.74, 6) is -0.404. The molecule has 1 aromatic rings. The topological polar surface area (TPSA) is 64.7 Å². The van der Waals surface area contributed by atoms with E-state index in [9.17, 15) is 9.50 Å². The maximum Gasteiger partial charge on any atom is 0.169 e. The molecule has 0 aromatic heterocycles. The second-order valence-corrected chi connectivity index (χ2v) is 5.01. The minimum atomic E-state index is -0.702. The van der Waals surface area contributed by atoms with Crippen molar-refractivity contribution in [2.45, 2.75) is 31.1 Å². The molecule has 0 radical (unpaired) electrons. The Balaban J connectivity index is 2.69. The van der Waals surface area contributed by atoms with E-state index in [1.807, 2.05) is 0 Å². The fourth-order valence-electron chi connectivity index (χ4n) is 3.05. The Labute approximate surface area is 112 Å². The summed E-state index contributed by atoms with van der Waals surface area (Å²) in [4.78, 5) is 0. The number of phenolic OH excluding ortho intramolecular Hbond substituents is 1. The molecule has 19 heavy (non-hydrogen) atoms. The average Bonchev–Trinajstić information content (AvgIpc) is 2.90. The third-order valence-corrected chi connectivity index (χ3v) is 4.08. The molecule has 1 aliphatic rings. The van der Waals surface area contributed by atoms with Crippen LogP contribution in [0.5, 0.6) is 17.2 Å². The Morgan fingerprint density at radius 2 is 1.95 bits per heavy atom. The van der Waals surface area contributed by atoms with Crippen LogP contribution in [0.15, 0.2) is 6.07 Å². The van der Waals surface area contributed by atoms with E-state index in [2.05, 4.69) is 0 Å². The molecule has 0 amide bonds. The van der Waals surface area contributed by atoms with Crippen LogP contribution in [-0.2, 0) is 5.41 Å². The first-order valence-electron chi connectivity index (χ1n) is 6.43. The second kappa shape index (κ2) is 5.25. The average molecular weight is 269 g/mol. The number of ether oxygens (including phenoxy) is 2. The van der Waals surface area contributed by atoms with Gasteiger partial charge in [-0.05, 0) is 12.8 Å². The van der Waals surface area contributed by atoms with E-state index >= 15 is 0 Å². The van der Waals surface area contributed by atoms with Crippen LogP contribution in [0.2, 0.25) is 0 Å². The van der Waals surface area contributed by atoms with E-state index in [0.717, 1.165) is 31.7 Å². The van der Waals surface area contributed by atoms with Gasteiger partial charge in [-0.2, -0.15) is 0 Å². The molecule has 0 heterocycles. The summed E-state index contributed by atoms with van der Waals surface area (Å²) in [5.41, 5.74) is 5.93. The maximum atomic E-state index is 13.9. The Hall–Kier alpha value is -1.49. The van der Waals surface area contributed by atoms with E-state index in [-0.39, 0.29) is 11.5 Å². The molecule has 4 nitrogen and oxygen atoms in total. The summed E-state index contributed by atoms with van der Waals surface area (Å²) in [7, 11) is 2.93. The monoisotopic (exact) mass is 269 g/mol. The first-order valence-corrected chi connectivity index (χ1v) is 6.43. The Morgan fingerprint density at radius 3 is 2.42 bits per heavy atom. The molecule has 5 heteroatoms. The summed E-state index contributed by atoms with van der Waals surface area (Å²) < 4.78 is 24.4.